The molecule has 0 fully saturated rings. The fourth-order valence-electron chi connectivity index (χ4n) is 0.962. The van der Waals surface area contributed by atoms with Crippen molar-refractivity contribution in [2.45, 2.75) is 39.0 Å². The average Bonchev–Trinajstić information content (AvgIpc) is 2.42. The van der Waals surface area contributed by atoms with E-state index in [1.807, 2.05) is 0 Å². The summed E-state index contributed by atoms with van der Waals surface area (Å²) < 4.78 is 59.7. The molecule has 0 aliphatic heterocycles. The Bertz CT molecular complexity index is 447. The van der Waals surface area contributed by atoms with Gasteiger partial charge in [0.15, 0.2) is 0 Å². The molecule has 0 aromatic carbocycles. The number of carbonyl (C=O) groups is 3. The van der Waals surface area contributed by atoms with Crippen molar-refractivity contribution in [3.8, 4) is 0 Å². The second-order valence-corrected chi connectivity index (χ2v) is 4.96. The summed E-state index contributed by atoms with van der Waals surface area (Å²) in [5, 5.41) is 7.98. The summed E-state index contributed by atoms with van der Waals surface area (Å²) in [4.78, 5) is 32.4. The molecule has 22 heavy (non-hydrogen) atoms. The molecule has 0 aliphatic carbocycles. The lowest BCUT2D eigenvalue weighted by Gasteiger charge is -2.22. The van der Waals surface area contributed by atoms with E-state index in [4.69, 9.17) is 5.11 Å². The minimum absolute atomic E-state index is 0.425. The minimum Gasteiger partial charge on any atom is -0.477 e. The van der Waals surface area contributed by atoms with Gasteiger partial charge in [-0.05, 0) is 20.3 Å². The van der Waals surface area contributed by atoms with Crippen molar-refractivity contribution in [3.63, 3.8) is 0 Å². The zero-order chi connectivity index (χ0) is 17.8. The molecular weight excluding hydrogens is 316 g/mol. The third-order valence-electron chi connectivity index (χ3n) is 2.91. The summed E-state index contributed by atoms with van der Waals surface area (Å²) in [6.45, 7) is 3.29. The van der Waals surface area contributed by atoms with Crippen LogP contribution in [0, 0.1) is 5.41 Å². The molecule has 128 valence electrons. The Morgan fingerprint density at radius 2 is 1.32 bits per heavy atom. The Morgan fingerprint density at radius 3 is 1.68 bits per heavy atom. The molecule has 0 aliphatic rings. The van der Waals surface area contributed by atoms with E-state index in [1.165, 1.54) is 0 Å². The number of hydrogen-bond acceptors (Lipinski definition) is 5. The SMILES string of the molecule is CCC(C)(C)C(=O)OCCOC(=O)C(F)(F)C(F)(F)C(=O)O. The van der Waals surface area contributed by atoms with Gasteiger partial charge in [0.2, 0.25) is 0 Å². The van der Waals surface area contributed by atoms with E-state index in [2.05, 4.69) is 9.47 Å². The van der Waals surface area contributed by atoms with Crippen molar-refractivity contribution in [2.24, 2.45) is 5.41 Å². The number of ether oxygens (including phenoxy) is 2. The maximum atomic E-state index is 13.0. The van der Waals surface area contributed by atoms with E-state index >= 15 is 0 Å². The summed E-state index contributed by atoms with van der Waals surface area (Å²) in [6, 6.07) is 0. The number of carboxylic acid groups (broad SMARTS) is 1. The standard InChI is InChI=1S/C12H16F4O6/c1-4-10(2,3)8(19)21-5-6-22-9(20)12(15,16)11(13,14)7(17)18/h4-6H2,1-3H3,(H,17,18). The zero-order valence-corrected chi connectivity index (χ0v) is 12.1. The van der Waals surface area contributed by atoms with Crippen LogP contribution in [0.25, 0.3) is 0 Å². The first kappa shape index (κ1) is 20.1. The normalized spacial score (nSPS) is 12.7. The van der Waals surface area contributed by atoms with Gasteiger partial charge >= 0.3 is 29.8 Å². The summed E-state index contributed by atoms with van der Waals surface area (Å²) in [5.74, 6) is -17.7. The first-order chi connectivity index (χ1) is 9.80. The molecule has 1 N–H and O–H groups in total. The Hall–Kier alpha value is -1.87. The topological polar surface area (TPSA) is 89.9 Å². The second-order valence-electron chi connectivity index (χ2n) is 4.96. The number of rotatable bonds is 8. The highest BCUT2D eigenvalue weighted by Gasteiger charge is 2.68. The fraction of sp³-hybridized carbons (Fsp3) is 0.750. The van der Waals surface area contributed by atoms with E-state index in [9.17, 15) is 31.9 Å². The van der Waals surface area contributed by atoms with Crippen molar-refractivity contribution in [2.75, 3.05) is 13.2 Å². The smallest absolute Gasteiger partial charge is 0.415 e. The number of carboxylic acids is 1. The van der Waals surface area contributed by atoms with Crippen molar-refractivity contribution in [1.29, 1.82) is 0 Å². The quantitative estimate of drug-likeness (QED) is 0.415. The van der Waals surface area contributed by atoms with Crippen LogP contribution < -0.4 is 0 Å². The Balaban J connectivity index is 4.48. The van der Waals surface area contributed by atoms with Crippen LogP contribution in [0.1, 0.15) is 27.2 Å². The van der Waals surface area contributed by atoms with E-state index in [-0.39, 0.29) is 0 Å². The van der Waals surface area contributed by atoms with Crippen LogP contribution in [-0.4, -0.2) is 48.1 Å². The van der Waals surface area contributed by atoms with Crippen LogP contribution >= 0.6 is 0 Å². The first-order valence-corrected chi connectivity index (χ1v) is 6.14. The highest BCUT2D eigenvalue weighted by molar-refractivity contribution is 5.89. The first-order valence-electron chi connectivity index (χ1n) is 6.14. The van der Waals surface area contributed by atoms with Crippen LogP contribution in [0.4, 0.5) is 17.6 Å². The molecule has 0 bridgehead atoms. The molecule has 0 spiro atoms. The number of carbonyl (C=O) groups excluding carboxylic acids is 2. The van der Waals surface area contributed by atoms with Gasteiger partial charge < -0.3 is 14.6 Å². The fourth-order valence-corrected chi connectivity index (χ4v) is 0.962. The predicted octanol–water partition coefficient (Wildman–Crippen LogP) is 1.86. The molecule has 0 aromatic rings. The van der Waals surface area contributed by atoms with Gasteiger partial charge in [-0.15, -0.1) is 0 Å². The van der Waals surface area contributed by atoms with Gasteiger partial charge in [0.1, 0.15) is 13.2 Å². The van der Waals surface area contributed by atoms with Gasteiger partial charge in [-0.1, -0.05) is 6.92 Å². The molecule has 0 saturated heterocycles. The highest BCUT2D eigenvalue weighted by atomic mass is 19.3. The van der Waals surface area contributed by atoms with E-state index in [1.54, 1.807) is 20.8 Å². The largest absolute Gasteiger partial charge is 0.477 e. The number of halogens is 4. The minimum atomic E-state index is -5.61. The number of hydrogen-bond donors (Lipinski definition) is 1. The summed E-state index contributed by atoms with van der Waals surface area (Å²) in [5.41, 5.74) is -0.843. The lowest BCUT2D eigenvalue weighted by Crippen LogP contribution is -2.53. The maximum Gasteiger partial charge on any atom is 0.415 e. The second kappa shape index (κ2) is 6.93. The monoisotopic (exact) mass is 332 g/mol. The summed E-state index contributed by atoms with van der Waals surface area (Å²) in [7, 11) is 0. The van der Waals surface area contributed by atoms with E-state index < -0.39 is 48.4 Å². The van der Waals surface area contributed by atoms with Crippen molar-refractivity contribution >= 4 is 17.9 Å². The van der Waals surface area contributed by atoms with Crippen molar-refractivity contribution in [1.82, 2.24) is 0 Å². The van der Waals surface area contributed by atoms with Crippen LogP contribution in [0.2, 0.25) is 0 Å². The summed E-state index contributed by atoms with van der Waals surface area (Å²) >= 11 is 0. The number of aliphatic carboxylic acids is 1. The van der Waals surface area contributed by atoms with E-state index in [0.717, 1.165) is 0 Å². The van der Waals surface area contributed by atoms with Crippen LogP contribution in [-0.2, 0) is 23.9 Å². The zero-order valence-electron chi connectivity index (χ0n) is 12.1. The molecule has 6 nitrogen and oxygen atoms in total. The number of esters is 2. The van der Waals surface area contributed by atoms with Crippen molar-refractivity contribution in [3.05, 3.63) is 0 Å². The van der Waals surface area contributed by atoms with Gasteiger partial charge in [-0.2, -0.15) is 17.6 Å². The summed E-state index contributed by atoms with van der Waals surface area (Å²) in [6.07, 6.45) is 0.425. The molecule has 0 rings (SSSR count). The Kier molecular flexibility index (Phi) is 6.34. The molecule has 0 unspecified atom stereocenters. The predicted molar refractivity (Wildman–Crippen MR) is 63.5 cm³/mol. The van der Waals surface area contributed by atoms with Crippen LogP contribution in [0.5, 0.6) is 0 Å². The number of alkyl halides is 4. The van der Waals surface area contributed by atoms with Crippen LogP contribution in [0.15, 0.2) is 0 Å². The maximum absolute atomic E-state index is 13.0. The van der Waals surface area contributed by atoms with Crippen LogP contribution in [0.3, 0.4) is 0 Å². The van der Waals surface area contributed by atoms with Gasteiger partial charge in [0, 0.05) is 0 Å². The van der Waals surface area contributed by atoms with Gasteiger partial charge in [-0.25, -0.2) is 9.59 Å². The van der Waals surface area contributed by atoms with Gasteiger partial charge in [0.05, 0.1) is 5.41 Å². The molecule has 0 amide bonds. The van der Waals surface area contributed by atoms with Crippen molar-refractivity contribution < 1.29 is 46.5 Å². The lowest BCUT2D eigenvalue weighted by molar-refractivity contribution is -0.235. The highest BCUT2D eigenvalue weighted by Crippen LogP contribution is 2.35. The average molecular weight is 332 g/mol. The molecular formula is C12H16F4O6. The Morgan fingerprint density at radius 1 is 0.909 bits per heavy atom. The molecule has 0 atom stereocenters. The molecule has 0 aromatic heterocycles. The van der Waals surface area contributed by atoms with E-state index in [0.29, 0.717) is 6.42 Å². The molecule has 0 radical (unpaired) electrons. The van der Waals surface area contributed by atoms with Gasteiger partial charge in [0.25, 0.3) is 0 Å². The molecule has 10 heteroatoms. The lowest BCUT2D eigenvalue weighted by atomic mass is 9.91. The third-order valence-corrected chi connectivity index (χ3v) is 2.91. The molecule has 0 heterocycles. The van der Waals surface area contributed by atoms with Gasteiger partial charge in [-0.3, -0.25) is 4.79 Å². The Labute approximate surface area is 123 Å². The third kappa shape index (κ3) is 4.31. The molecule has 0 saturated carbocycles.